The molecule has 2 rings (SSSR count). The van der Waals surface area contributed by atoms with Gasteiger partial charge in [-0.25, -0.2) is 4.98 Å². The van der Waals surface area contributed by atoms with Gasteiger partial charge in [0.15, 0.2) is 0 Å². The Morgan fingerprint density at radius 2 is 2.31 bits per heavy atom. The van der Waals surface area contributed by atoms with E-state index in [1.165, 1.54) is 11.0 Å². The van der Waals surface area contributed by atoms with E-state index in [1.807, 2.05) is 0 Å². The highest BCUT2D eigenvalue weighted by molar-refractivity contribution is 6.32. The van der Waals surface area contributed by atoms with Gasteiger partial charge >= 0.3 is 6.01 Å². The van der Waals surface area contributed by atoms with Crippen LogP contribution in [0.15, 0.2) is 18.6 Å². The fourth-order valence-corrected chi connectivity index (χ4v) is 1.37. The van der Waals surface area contributed by atoms with E-state index in [0.29, 0.717) is 11.6 Å². The van der Waals surface area contributed by atoms with Crippen molar-refractivity contribution in [2.45, 2.75) is 6.54 Å². The molecule has 84 valence electrons. The van der Waals surface area contributed by atoms with E-state index in [9.17, 15) is 0 Å². The molecule has 16 heavy (non-hydrogen) atoms. The third-order valence-electron chi connectivity index (χ3n) is 1.92. The Kier molecular flexibility index (Phi) is 3.02. The van der Waals surface area contributed by atoms with Gasteiger partial charge in [0.05, 0.1) is 0 Å². The maximum atomic E-state index is 6.04. The van der Waals surface area contributed by atoms with Crippen LogP contribution in [0.1, 0.15) is 5.56 Å². The fraction of sp³-hybridized carbons (Fsp3) is 0.222. The third-order valence-corrected chi connectivity index (χ3v) is 2.33. The van der Waals surface area contributed by atoms with Crippen LogP contribution < -0.4 is 10.5 Å². The summed E-state index contributed by atoms with van der Waals surface area (Å²) in [7, 11) is 1.74. The van der Waals surface area contributed by atoms with Crippen LogP contribution in [0.25, 0.3) is 0 Å². The second-order valence-electron chi connectivity index (χ2n) is 3.10. The quantitative estimate of drug-likeness (QED) is 0.868. The molecule has 0 aliphatic carbocycles. The molecule has 0 amide bonds. The van der Waals surface area contributed by atoms with Crippen molar-refractivity contribution in [2.75, 3.05) is 0 Å². The average molecular weight is 240 g/mol. The Bertz CT molecular complexity index is 498. The molecule has 7 heteroatoms. The molecule has 0 spiro atoms. The normalized spacial score (nSPS) is 10.4. The Morgan fingerprint density at radius 3 is 2.94 bits per heavy atom. The van der Waals surface area contributed by atoms with Crippen LogP contribution in [-0.4, -0.2) is 19.7 Å². The second kappa shape index (κ2) is 4.46. The fourth-order valence-electron chi connectivity index (χ4n) is 1.14. The molecule has 0 unspecified atom stereocenters. The predicted molar refractivity (Wildman–Crippen MR) is 58.2 cm³/mol. The molecule has 0 radical (unpaired) electrons. The van der Waals surface area contributed by atoms with Crippen molar-refractivity contribution in [1.29, 1.82) is 0 Å². The van der Waals surface area contributed by atoms with Gasteiger partial charge in [-0.1, -0.05) is 11.6 Å². The van der Waals surface area contributed by atoms with Crippen LogP contribution in [0.4, 0.5) is 0 Å². The number of pyridine rings is 1. The summed E-state index contributed by atoms with van der Waals surface area (Å²) in [6.07, 6.45) is 3.10. The number of rotatable bonds is 3. The van der Waals surface area contributed by atoms with Crippen LogP contribution >= 0.6 is 11.6 Å². The van der Waals surface area contributed by atoms with Gasteiger partial charge in [-0.3, -0.25) is 4.68 Å². The second-order valence-corrected chi connectivity index (χ2v) is 3.47. The van der Waals surface area contributed by atoms with Crippen LogP contribution in [0, 0.1) is 0 Å². The molecule has 2 aromatic heterocycles. The summed E-state index contributed by atoms with van der Waals surface area (Å²) < 4.78 is 6.85. The minimum Gasteiger partial charge on any atom is -0.402 e. The zero-order chi connectivity index (χ0) is 11.5. The number of halogens is 1. The van der Waals surface area contributed by atoms with E-state index in [2.05, 4.69) is 15.1 Å². The molecule has 0 atom stereocenters. The maximum Gasteiger partial charge on any atom is 0.342 e. The summed E-state index contributed by atoms with van der Waals surface area (Å²) in [5.41, 5.74) is 6.28. The van der Waals surface area contributed by atoms with Crippen LogP contribution in [0.3, 0.4) is 0 Å². The highest BCUT2D eigenvalue weighted by atomic mass is 35.5. The van der Waals surface area contributed by atoms with Gasteiger partial charge in [0.1, 0.15) is 11.3 Å². The predicted octanol–water partition coefficient (Wildman–Crippen LogP) is 1.11. The molecule has 6 nitrogen and oxygen atoms in total. The van der Waals surface area contributed by atoms with Crippen molar-refractivity contribution in [3.63, 3.8) is 0 Å². The lowest BCUT2D eigenvalue weighted by molar-refractivity contribution is 0.422. The minimum atomic E-state index is 0.200. The van der Waals surface area contributed by atoms with Crippen molar-refractivity contribution in [2.24, 2.45) is 12.8 Å². The minimum absolute atomic E-state index is 0.200. The van der Waals surface area contributed by atoms with Gasteiger partial charge in [0, 0.05) is 19.8 Å². The third kappa shape index (κ3) is 2.12. The molecule has 0 saturated carbocycles. The molecule has 0 aliphatic rings. The van der Waals surface area contributed by atoms with E-state index in [1.54, 1.807) is 19.3 Å². The molecule has 0 aliphatic heterocycles. The van der Waals surface area contributed by atoms with Crippen molar-refractivity contribution in [3.8, 4) is 11.9 Å². The first-order valence-corrected chi connectivity index (χ1v) is 4.95. The zero-order valence-corrected chi connectivity index (χ0v) is 9.35. The van der Waals surface area contributed by atoms with E-state index in [-0.39, 0.29) is 11.9 Å². The van der Waals surface area contributed by atoms with Gasteiger partial charge < -0.3 is 10.5 Å². The van der Waals surface area contributed by atoms with Crippen molar-refractivity contribution in [1.82, 2.24) is 19.7 Å². The Hall–Kier alpha value is -1.66. The van der Waals surface area contributed by atoms with Gasteiger partial charge in [-0.15, -0.1) is 5.10 Å². The number of hydrogen-bond donors (Lipinski definition) is 1. The summed E-state index contributed by atoms with van der Waals surface area (Å²) in [6.45, 7) is 0.327. The SMILES string of the molecule is Cn1cnc(Oc2nccc(CN)c2Cl)n1. The first-order chi connectivity index (χ1) is 7.70. The molecule has 2 heterocycles. The lowest BCUT2D eigenvalue weighted by Crippen LogP contribution is -2.00. The topological polar surface area (TPSA) is 78.8 Å². The smallest absolute Gasteiger partial charge is 0.342 e. The van der Waals surface area contributed by atoms with Crippen molar-refractivity contribution in [3.05, 3.63) is 29.2 Å². The van der Waals surface area contributed by atoms with E-state index >= 15 is 0 Å². The largest absolute Gasteiger partial charge is 0.402 e. The van der Waals surface area contributed by atoms with Crippen molar-refractivity contribution >= 4 is 11.6 Å². The van der Waals surface area contributed by atoms with E-state index in [4.69, 9.17) is 22.1 Å². The first-order valence-electron chi connectivity index (χ1n) is 4.57. The molecular weight excluding hydrogens is 230 g/mol. The number of aryl methyl sites for hydroxylation is 1. The molecule has 0 fully saturated rings. The Balaban J connectivity index is 2.28. The molecule has 2 aromatic rings. The van der Waals surface area contributed by atoms with Crippen molar-refractivity contribution < 1.29 is 4.74 Å². The zero-order valence-electron chi connectivity index (χ0n) is 8.59. The molecule has 2 N–H and O–H groups in total. The standard InChI is InChI=1S/C9H10ClN5O/c1-15-5-13-9(14-15)16-8-7(10)6(4-11)2-3-12-8/h2-3,5H,4,11H2,1H3. The molecule has 0 aromatic carbocycles. The number of nitrogens with zero attached hydrogens (tertiary/aromatic N) is 4. The molecule has 0 bridgehead atoms. The van der Waals surface area contributed by atoms with Crippen LogP contribution in [0.2, 0.25) is 5.02 Å². The van der Waals surface area contributed by atoms with Gasteiger partial charge in [0.2, 0.25) is 5.88 Å². The summed E-state index contributed by atoms with van der Waals surface area (Å²) in [5.74, 6) is 0.260. The van der Waals surface area contributed by atoms with Gasteiger partial charge in [-0.2, -0.15) is 4.98 Å². The summed E-state index contributed by atoms with van der Waals surface area (Å²) >= 11 is 6.04. The average Bonchev–Trinajstić information content (AvgIpc) is 2.67. The van der Waals surface area contributed by atoms with E-state index in [0.717, 1.165) is 5.56 Å². The lowest BCUT2D eigenvalue weighted by Gasteiger charge is -2.05. The number of ether oxygens (including phenoxy) is 1. The first kappa shape index (κ1) is 10.8. The molecule has 0 saturated heterocycles. The Morgan fingerprint density at radius 1 is 1.50 bits per heavy atom. The molecular formula is C9H10ClN5O. The van der Waals surface area contributed by atoms with Crippen LogP contribution in [0.5, 0.6) is 11.9 Å². The number of nitrogens with two attached hydrogens (primary N) is 1. The summed E-state index contributed by atoms with van der Waals surface area (Å²) in [4.78, 5) is 7.90. The highest BCUT2D eigenvalue weighted by Gasteiger charge is 2.10. The highest BCUT2D eigenvalue weighted by Crippen LogP contribution is 2.27. The Labute approximate surface area is 97.0 Å². The number of aromatic nitrogens is 4. The monoisotopic (exact) mass is 239 g/mol. The van der Waals surface area contributed by atoms with E-state index < -0.39 is 0 Å². The van der Waals surface area contributed by atoms with Crippen LogP contribution in [-0.2, 0) is 13.6 Å². The van der Waals surface area contributed by atoms with Gasteiger partial charge in [-0.05, 0) is 11.6 Å². The summed E-state index contributed by atoms with van der Waals surface area (Å²) in [5, 5.41) is 4.34. The maximum absolute atomic E-state index is 6.04. The number of hydrogen-bond acceptors (Lipinski definition) is 5. The van der Waals surface area contributed by atoms with Gasteiger partial charge in [0.25, 0.3) is 0 Å². The lowest BCUT2D eigenvalue weighted by atomic mass is 10.3. The summed E-state index contributed by atoms with van der Waals surface area (Å²) in [6, 6.07) is 1.94.